The van der Waals surface area contributed by atoms with E-state index in [0.717, 1.165) is 5.56 Å². The molecular weight excluding hydrogens is 384 g/mol. The molecule has 0 saturated heterocycles. The molecule has 7 heteroatoms. The lowest BCUT2D eigenvalue weighted by Gasteiger charge is -2.26. The third kappa shape index (κ3) is 3.27. The Bertz CT molecular complexity index is 1180. The van der Waals surface area contributed by atoms with Crippen molar-refractivity contribution in [2.24, 2.45) is 0 Å². The highest BCUT2D eigenvalue weighted by molar-refractivity contribution is 5.99. The highest BCUT2D eigenvalue weighted by Crippen LogP contribution is 2.38. The van der Waals surface area contributed by atoms with Gasteiger partial charge in [-0.25, -0.2) is 4.79 Å². The maximum Gasteiger partial charge on any atom is 0.337 e. The third-order valence-electron chi connectivity index (χ3n) is 5.31. The van der Waals surface area contributed by atoms with Crippen LogP contribution >= 0.6 is 0 Å². The molecule has 0 fully saturated rings. The molecule has 1 aliphatic heterocycles. The molecule has 1 atom stereocenters. The zero-order valence-corrected chi connectivity index (χ0v) is 17.0. The number of esters is 1. The zero-order valence-electron chi connectivity index (χ0n) is 17.0. The van der Waals surface area contributed by atoms with Gasteiger partial charge in [-0.15, -0.1) is 0 Å². The summed E-state index contributed by atoms with van der Waals surface area (Å²) in [6.45, 7) is 1.05. The average molecular weight is 406 g/mol. The maximum absolute atomic E-state index is 13.3. The molecule has 30 heavy (non-hydrogen) atoms. The number of hydrogen-bond acceptors (Lipinski definition) is 6. The predicted octanol–water partition coefficient (Wildman–Crippen LogP) is 2.69. The Morgan fingerprint density at radius 2 is 1.80 bits per heavy atom. The van der Waals surface area contributed by atoms with Crippen LogP contribution in [-0.4, -0.2) is 56.0 Å². The van der Waals surface area contributed by atoms with E-state index in [0.29, 0.717) is 35.2 Å². The van der Waals surface area contributed by atoms with E-state index in [2.05, 4.69) is 0 Å². The molecule has 2 heterocycles. The summed E-state index contributed by atoms with van der Waals surface area (Å²) < 4.78 is 10.6. The lowest BCUT2D eigenvalue weighted by atomic mass is 9.97. The summed E-state index contributed by atoms with van der Waals surface area (Å²) >= 11 is 0. The Balaban J connectivity index is 1.87. The van der Waals surface area contributed by atoms with Crippen LogP contribution in [0.3, 0.4) is 0 Å². The number of methoxy groups -OCH3 is 1. The first kappa shape index (κ1) is 19.8. The van der Waals surface area contributed by atoms with Crippen LogP contribution in [0.25, 0.3) is 11.0 Å². The summed E-state index contributed by atoms with van der Waals surface area (Å²) in [5.74, 6) is -0.671. The molecule has 0 aliphatic carbocycles. The number of carbonyl (C=O) groups is 2. The largest absolute Gasteiger partial charge is 0.465 e. The van der Waals surface area contributed by atoms with Crippen molar-refractivity contribution in [1.82, 2.24) is 9.80 Å². The van der Waals surface area contributed by atoms with Gasteiger partial charge < -0.3 is 19.0 Å². The van der Waals surface area contributed by atoms with Gasteiger partial charge >= 0.3 is 5.97 Å². The Labute approximate surface area is 173 Å². The summed E-state index contributed by atoms with van der Waals surface area (Å²) in [7, 11) is 5.17. The van der Waals surface area contributed by atoms with Gasteiger partial charge in [0.2, 0.25) is 5.76 Å². The number of amides is 1. The van der Waals surface area contributed by atoms with Crippen molar-refractivity contribution in [2.45, 2.75) is 6.04 Å². The highest BCUT2D eigenvalue weighted by atomic mass is 16.5. The van der Waals surface area contributed by atoms with Crippen molar-refractivity contribution in [3.63, 3.8) is 0 Å². The Morgan fingerprint density at radius 3 is 2.47 bits per heavy atom. The maximum atomic E-state index is 13.3. The molecule has 3 aromatic rings. The van der Waals surface area contributed by atoms with Crippen LogP contribution in [0, 0.1) is 0 Å². The quantitative estimate of drug-likeness (QED) is 0.606. The third-order valence-corrected chi connectivity index (χ3v) is 5.31. The van der Waals surface area contributed by atoms with Crippen LogP contribution in [0.2, 0.25) is 0 Å². The number of fused-ring (bicyclic) bond motifs is 2. The van der Waals surface area contributed by atoms with Crippen molar-refractivity contribution >= 4 is 22.8 Å². The van der Waals surface area contributed by atoms with Crippen molar-refractivity contribution in [2.75, 3.05) is 34.3 Å². The number of carbonyl (C=O) groups excluding carboxylic acids is 2. The average Bonchev–Trinajstić information content (AvgIpc) is 3.04. The summed E-state index contributed by atoms with van der Waals surface area (Å²) in [6.07, 6.45) is 0. The van der Waals surface area contributed by atoms with Gasteiger partial charge in [-0.3, -0.25) is 9.59 Å². The molecule has 1 aromatic heterocycles. The Morgan fingerprint density at radius 1 is 1.10 bits per heavy atom. The van der Waals surface area contributed by atoms with Gasteiger partial charge in [0.05, 0.1) is 29.7 Å². The van der Waals surface area contributed by atoms with E-state index >= 15 is 0 Å². The molecule has 0 spiro atoms. The van der Waals surface area contributed by atoms with E-state index in [9.17, 15) is 14.4 Å². The predicted molar refractivity (Wildman–Crippen MR) is 112 cm³/mol. The van der Waals surface area contributed by atoms with Crippen LogP contribution < -0.4 is 5.43 Å². The summed E-state index contributed by atoms with van der Waals surface area (Å²) in [5, 5.41) is 0.440. The van der Waals surface area contributed by atoms with Gasteiger partial charge in [0.15, 0.2) is 5.43 Å². The summed E-state index contributed by atoms with van der Waals surface area (Å²) in [5.41, 5.74) is 1.65. The molecule has 7 nitrogen and oxygen atoms in total. The van der Waals surface area contributed by atoms with E-state index in [-0.39, 0.29) is 17.1 Å². The second kappa shape index (κ2) is 7.76. The SMILES string of the molecule is COC(=O)c1ccc([C@H]2c3c(oc4ccccc4c3=O)C(=O)N2CCN(C)C)cc1. The van der Waals surface area contributed by atoms with Crippen LogP contribution in [0.15, 0.2) is 57.7 Å². The number of ether oxygens (including phenoxy) is 1. The minimum atomic E-state index is -0.583. The van der Waals surface area contributed by atoms with Crippen LogP contribution in [0.5, 0.6) is 0 Å². The molecule has 0 unspecified atom stereocenters. The van der Waals surface area contributed by atoms with E-state index in [1.165, 1.54) is 7.11 Å². The number of rotatable bonds is 5. The lowest BCUT2D eigenvalue weighted by molar-refractivity contribution is 0.0599. The monoisotopic (exact) mass is 406 g/mol. The molecule has 0 bridgehead atoms. The molecule has 4 rings (SSSR count). The number of likely N-dealkylation sites (N-methyl/N-ethyl adjacent to an activating group) is 1. The first-order chi connectivity index (χ1) is 14.4. The van der Waals surface area contributed by atoms with Crippen molar-refractivity contribution in [1.29, 1.82) is 0 Å². The summed E-state index contributed by atoms with van der Waals surface area (Å²) in [4.78, 5) is 41.9. The summed E-state index contributed by atoms with van der Waals surface area (Å²) in [6, 6.07) is 13.1. The molecule has 1 aliphatic rings. The zero-order chi connectivity index (χ0) is 21.4. The van der Waals surface area contributed by atoms with Crippen molar-refractivity contribution < 1.29 is 18.7 Å². The van der Waals surface area contributed by atoms with Gasteiger partial charge in [-0.05, 0) is 43.9 Å². The normalized spacial score (nSPS) is 15.7. The topological polar surface area (TPSA) is 80.1 Å². The number of hydrogen-bond donors (Lipinski definition) is 0. The fraction of sp³-hybridized carbons (Fsp3) is 0.261. The number of benzene rings is 2. The highest BCUT2D eigenvalue weighted by Gasteiger charge is 2.42. The van der Waals surface area contributed by atoms with Gasteiger partial charge in [0.25, 0.3) is 5.91 Å². The van der Waals surface area contributed by atoms with Crippen LogP contribution in [-0.2, 0) is 4.74 Å². The van der Waals surface area contributed by atoms with E-state index in [4.69, 9.17) is 9.15 Å². The van der Waals surface area contributed by atoms with Gasteiger partial charge in [0.1, 0.15) is 5.58 Å². The first-order valence-electron chi connectivity index (χ1n) is 9.62. The molecule has 1 amide bonds. The van der Waals surface area contributed by atoms with Gasteiger partial charge in [-0.1, -0.05) is 24.3 Å². The molecule has 0 saturated carbocycles. The second-order valence-electron chi connectivity index (χ2n) is 7.49. The minimum Gasteiger partial charge on any atom is -0.465 e. The van der Waals surface area contributed by atoms with Crippen LogP contribution in [0.1, 0.15) is 38.1 Å². The van der Waals surface area contributed by atoms with E-state index in [1.54, 1.807) is 53.4 Å². The fourth-order valence-corrected chi connectivity index (χ4v) is 3.77. The molecule has 154 valence electrons. The second-order valence-corrected chi connectivity index (χ2v) is 7.49. The molecule has 2 aromatic carbocycles. The standard InChI is InChI=1S/C23H22N2O5/c1-24(2)12-13-25-19(14-8-10-15(11-9-14)23(28)29-3)18-20(26)16-6-4-5-7-17(16)30-21(18)22(25)27/h4-11,19H,12-13H2,1-3H3/t19-/m0/s1. The van der Waals surface area contributed by atoms with E-state index < -0.39 is 12.0 Å². The minimum absolute atomic E-state index is 0.0829. The fourth-order valence-electron chi connectivity index (χ4n) is 3.77. The molecule has 0 radical (unpaired) electrons. The molecular formula is C23H22N2O5. The van der Waals surface area contributed by atoms with Crippen LogP contribution in [0.4, 0.5) is 0 Å². The number of nitrogens with zero attached hydrogens (tertiary/aromatic N) is 2. The van der Waals surface area contributed by atoms with Crippen molar-refractivity contribution in [3.8, 4) is 0 Å². The smallest absolute Gasteiger partial charge is 0.337 e. The van der Waals surface area contributed by atoms with Gasteiger partial charge in [0, 0.05) is 13.1 Å². The number of para-hydroxylation sites is 1. The lowest BCUT2D eigenvalue weighted by Crippen LogP contribution is -2.35. The van der Waals surface area contributed by atoms with Crippen molar-refractivity contribution in [3.05, 3.63) is 81.2 Å². The Kier molecular flexibility index (Phi) is 5.13. The van der Waals surface area contributed by atoms with Gasteiger partial charge in [-0.2, -0.15) is 0 Å². The molecule has 0 N–H and O–H groups in total. The first-order valence-corrected chi connectivity index (χ1v) is 9.62. The Hall–Kier alpha value is -3.45. The van der Waals surface area contributed by atoms with E-state index in [1.807, 2.05) is 19.0 Å².